The molecule has 0 aliphatic carbocycles. The zero-order valence-electron chi connectivity index (χ0n) is 7.92. The summed E-state index contributed by atoms with van der Waals surface area (Å²) in [5, 5.41) is -0.467. The lowest BCUT2D eigenvalue weighted by molar-refractivity contribution is -0.111. The van der Waals surface area contributed by atoms with Gasteiger partial charge >= 0.3 is 0 Å². The maximum atomic E-state index is 11.4. The Labute approximate surface area is 87.9 Å². The van der Waals surface area contributed by atoms with Gasteiger partial charge in [0.05, 0.1) is 0 Å². The van der Waals surface area contributed by atoms with Gasteiger partial charge in [-0.15, -0.1) is 0 Å². The molecule has 1 aromatic carbocycles. The Balaban J connectivity index is 2.61. The maximum Gasteiger partial charge on any atom is 0.222 e. The minimum Gasteiger partial charge on any atom is -0.294 e. The molecule has 0 atom stereocenters. The smallest absolute Gasteiger partial charge is 0.222 e. The molecule has 0 radical (unpaired) electrons. The molecule has 0 aliphatic rings. The molecule has 74 valence electrons. The quantitative estimate of drug-likeness (QED) is 0.566. The molecule has 0 unspecified atom stereocenters. The largest absolute Gasteiger partial charge is 0.294 e. The van der Waals surface area contributed by atoms with Crippen LogP contribution in [-0.4, -0.2) is 11.0 Å². The Morgan fingerprint density at radius 2 is 1.71 bits per heavy atom. The number of carbonyl (C=O) groups excluding carboxylic acids is 2. The molecule has 0 heterocycles. The molecule has 0 amide bonds. The lowest BCUT2D eigenvalue weighted by Gasteiger charge is -1.99. The van der Waals surface area contributed by atoms with Gasteiger partial charge in [-0.1, -0.05) is 29.8 Å². The van der Waals surface area contributed by atoms with Gasteiger partial charge < -0.3 is 0 Å². The summed E-state index contributed by atoms with van der Waals surface area (Å²) in [5.74, 6) is -0.0426. The molecule has 0 saturated heterocycles. The Kier molecular flexibility index (Phi) is 3.84. The lowest BCUT2D eigenvalue weighted by atomic mass is 10.1. The molecule has 0 fully saturated rings. The number of Topliss-reactive ketones (excluding diaryl/α,β-unsaturated/α-hetero) is 1. The topological polar surface area (TPSA) is 34.1 Å². The summed E-state index contributed by atoms with van der Waals surface area (Å²) in [7, 11) is 0. The molecule has 1 rings (SSSR count). The minimum atomic E-state index is -0.467. The summed E-state index contributed by atoms with van der Waals surface area (Å²) >= 11 is 5.14. The average Bonchev–Trinajstić information content (AvgIpc) is 2.15. The van der Waals surface area contributed by atoms with Crippen LogP contribution in [0.3, 0.4) is 0 Å². The highest BCUT2D eigenvalue weighted by Gasteiger charge is 2.07. The highest BCUT2D eigenvalue weighted by Crippen LogP contribution is 2.08. The second-order valence-corrected chi connectivity index (χ2v) is 3.57. The van der Waals surface area contributed by atoms with Crippen LogP contribution < -0.4 is 0 Å². The number of rotatable bonds is 4. The van der Waals surface area contributed by atoms with Crippen molar-refractivity contribution in [2.24, 2.45) is 0 Å². The maximum absolute atomic E-state index is 11.4. The molecule has 0 N–H and O–H groups in total. The molecule has 0 saturated carbocycles. The normalized spacial score (nSPS) is 9.86. The van der Waals surface area contributed by atoms with Crippen molar-refractivity contribution in [1.82, 2.24) is 0 Å². The monoisotopic (exact) mass is 210 g/mol. The Morgan fingerprint density at radius 1 is 1.14 bits per heavy atom. The van der Waals surface area contributed by atoms with Crippen LogP contribution in [-0.2, 0) is 4.79 Å². The van der Waals surface area contributed by atoms with Gasteiger partial charge in [0.25, 0.3) is 0 Å². The van der Waals surface area contributed by atoms with E-state index in [9.17, 15) is 9.59 Å². The van der Waals surface area contributed by atoms with E-state index in [4.69, 9.17) is 11.6 Å². The van der Waals surface area contributed by atoms with E-state index in [1.54, 1.807) is 12.1 Å². The number of hydrogen-bond acceptors (Lipinski definition) is 2. The van der Waals surface area contributed by atoms with Crippen LogP contribution in [0.4, 0.5) is 0 Å². The van der Waals surface area contributed by atoms with Crippen molar-refractivity contribution in [3.63, 3.8) is 0 Å². The standard InChI is InChI=1S/C11H11ClO2/c1-8-2-4-9(5-3-8)10(13)6-7-11(12)14/h2-5H,6-7H2,1H3. The van der Waals surface area contributed by atoms with Gasteiger partial charge in [0.1, 0.15) is 0 Å². The zero-order valence-corrected chi connectivity index (χ0v) is 8.67. The second-order valence-electron chi connectivity index (χ2n) is 3.14. The summed E-state index contributed by atoms with van der Waals surface area (Å²) in [5.41, 5.74) is 1.74. The Hall–Kier alpha value is -1.15. The summed E-state index contributed by atoms with van der Waals surface area (Å²) < 4.78 is 0. The number of hydrogen-bond donors (Lipinski definition) is 0. The Bertz CT molecular complexity index is 341. The summed E-state index contributed by atoms with van der Waals surface area (Å²) in [4.78, 5) is 21.9. The van der Waals surface area contributed by atoms with E-state index in [-0.39, 0.29) is 18.6 Å². The first-order chi connectivity index (χ1) is 6.59. The minimum absolute atomic E-state index is 0.0426. The first-order valence-corrected chi connectivity index (χ1v) is 4.75. The third kappa shape index (κ3) is 3.30. The van der Waals surface area contributed by atoms with Crippen LogP contribution >= 0.6 is 11.6 Å². The van der Waals surface area contributed by atoms with Gasteiger partial charge in [0, 0.05) is 18.4 Å². The van der Waals surface area contributed by atoms with Gasteiger partial charge in [0.2, 0.25) is 5.24 Å². The van der Waals surface area contributed by atoms with Crippen molar-refractivity contribution in [1.29, 1.82) is 0 Å². The molecule has 0 spiro atoms. The fraction of sp³-hybridized carbons (Fsp3) is 0.273. The molecule has 14 heavy (non-hydrogen) atoms. The van der Waals surface area contributed by atoms with Crippen LogP contribution in [0.1, 0.15) is 28.8 Å². The molecule has 0 aromatic heterocycles. The van der Waals surface area contributed by atoms with Gasteiger partial charge in [-0.3, -0.25) is 9.59 Å². The molecular formula is C11H11ClO2. The number of aryl methyl sites for hydroxylation is 1. The number of halogens is 1. The lowest BCUT2D eigenvalue weighted by Crippen LogP contribution is -2.00. The third-order valence-corrected chi connectivity index (χ3v) is 2.11. The van der Waals surface area contributed by atoms with Crippen molar-refractivity contribution < 1.29 is 9.59 Å². The fourth-order valence-corrected chi connectivity index (χ4v) is 1.19. The molecular weight excluding hydrogens is 200 g/mol. The SMILES string of the molecule is Cc1ccc(C(=O)CCC(=O)Cl)cc1. The van der Waals surface area contributed by atoms with E-state index in [1.165, 1.54) is 0 Å². The molecule has 1 aromatic rings. The predicted octanol–water partition coefficient (Wildman–Crippen LogP) is 2.72. The van der Waals surface area contributed by atoms with Crippen LogP contribution in [0.2, 0.25) is 0 Å². The van der Waals surface area contributed by atoms with Gasteiger partial charge in [0.15, 0.2) is 5.78 Å². The highest BCUT2D eigenvalue weighted by molar-refractivity contribution is 6.63. The fourth-order valence-electron chi connectivity index (χ4n) is 1.10. The highest BCUT2D eigenvalue weighted by atomic mass is 35.5. The first-order valence-electron chi connectivity index (χ1n) is 4.38. The van der Waals surface area contributed by atoms with Crippen LogP contribution in [0.5, 0.6) is 0 Å². The van der Waals surface area contributed by atoms with E-state index in [0.717, 1.165) is 5.56 Å². The van der Waals surface area contributed by atoms with Crippen molar-refractivity contribution >= 4 is 22.6 Å². The van der Waals surface area contributed by atoms with Gasteiger partial charge in [-0.05, 0) is 18.5 Å². The van der Waals surface area contributed by atoms with E-state index in [1.807, 2.05) is 19.1 Å². The number of ketones is 1. The summed E-state index contributed by atoms with van der Waals surface area (Å²) in [6, 6.07) is 7.26. The summed E-state index contributed by atoms with van der Waals surface area (Å²) in [6.07, 6.45) is 0.291. The zero-order chi connectivity index (χ0) is 10.6. The first kappa shape index (κ1) is 10.9. The molecule has 0 aliphatic heterocycles. The van der Waals surface area contributed by atoms with Crippen molar-refractivity contribution in [2.75, 3.05) is 0 Å². The van der Waals surface area contributed by atoms with Crippen molar-refractivity contribution in [3.8, 4) is 0 Å². The predicted molar refractivity (Wildman–Crippen MR) is 55.6 cm³/mol. The molecule has 3 heteroatoms. The van der Waals surface area contributed by atoms with Crippen molar-refractivity contribution in [2.45, 2.75) is 19.8 Å². The number of benzene rings is 1. The van der Waals surface area contributed by atoms with Gasteiger partial charge in [-0.2, -0.15) is 0 Å². The second kappa shape index (κ2) is 4.91. The van der Waals surface area contributed by atoms with Crippen molar-refractivity contribution in [3.05, 3.63) is 35.4 Å². The molecule has 2 nitrogen and oxygen atoms in total. The van der Waals surface area contributed by atoms with E-state index in [0.29, 0.717) is 5.56 Å². The van der Waals surface area contributed by atoms with Crippen LogP contribution in [0, 0.1) is 6.92 Å². The third-order valence-electron chi connectivity index (χ3n) is 1.92. The Morgan fingerprint density at radius 3 is 2.21 bits per heavy atom. The van der Waals surface area contributed by atoms with Gasteiger partial charge in [-0.25, -0.2) is 0 Å². The van der Waals surface area contributed by atoms with E-state index in [2.05, 4.69) is 0 Å². The summed E-state index contributed by atoms with van der Waals surface area (Å²) in [6.45, 7) is 1.95. The number of carbonyl (C=O) groups is 2. The average molecular weight is 211 g/mol. The van der Waals surface area contributed by atoms with E-state index >= 15 is 0 Å². The molecule has 0 bridgehead atoms. The van der Waals surface area contributed by atoms with E-state index < -0.39 is 5.24 Å². The van der Waals surface area contributed by atoms with Crippen LogP contribution in [0.15, 0.2) is 24.3 Å². The van der Waals surface area contributed by atoms with Crippen LogP contribution in [0.25, 0.3) is 0 Å².